The Morgan fingerprint density at radius 3 is 1.53 bits per heavy atom. The van der Waals surface area contributed by atoms with Gasteiger partial charge in [0.2, 0.25) is 0 Å². The van der Waals surface area contributed by atoms with Gasteiger partial charge in [-0.05, 0) is 0 Å². The Morgan fingerprint density at radius 2 is 1.47 bits per heavy atom. The third kappa shape index (κ3) is 109. The molecule has 0 aliphatic heterocycles. The van der Waals surface area contributed by atoms with Crippen LogP contribution in [0.1, 0.15) is 27.7 Å². The van der Waals surface area contributed by atoms with Crippen LogP contribution in [0.5, 0.6) is 0 Å². The summed E-state index contributed by atoms with van der Waals surface area (Å²) in [5, 5.41) is 14.8. The zero-order valence-electron chi connectivity index (χ0n) is 11.7. The summed E-state index contributed by atoms with van der Waals surface area (Å²) in [5.41, 5.74) is 6.58. The summed E-state index contributed by atoms with van der Waals surface area (Å²) in [6.07, 6.45) is 5.39. The van der Waals surface area contributed by atoms with Crippen LogP contribution < -0.4 is 0 Å². The fourth-order valence-corrected chi connectivity index (χ4v) is 0.326. The standard InChI is InChI=1S/C4H6N2.C3H8N.2C2H4O2.Pt/c1-6-3-2-5-4-6;1-3(2)4;2*1-2(3)4;/h2-4H,1H3;3-4H,1-2H3;2*1H3,(H,3,4);/q;-1;;;. The van der Waals surface area contributed by atoms with Gasteiger partial charge >= 0.3 is 0 Å². The minimum atomic E-state index is -0.833. The fourth-order valence-electron chi connectivity index (χ4n) is 0.326. The molecule has 0 unspecified atom stereocenters. The Morgan fingerprint density at radius 1 is 1.21 bits per heavy atom. The molecule has 0 fully saturated rings. The number of aliphatic carboxylic acids is 2. The van der Waals surface area contributed by atoms with E-state index in [1.54, 1.807) is 12.5 Å². The number of nitrogens with zero attached hydrogens (tertiary/aromatic N) is 2. The van der Waals surface area contributed by atoms with E-state index in [9.17, 15) is 0 Å². The molecule has 19 heavy (non-hydrogen) atoms. The summed E-state index contributed by atoms with van der Waals surface area (Å²) >= 11 is 0. The van der Waals surface area contributed by atoms with E-state index in [-0.39, 0.29) is 27.1 Å². The van der Waals surface area contributed by atoms with E-state index in [4.69, 9.17) is 25.5 Å². The first-order valence-electron chi connectivity index (χ1n) is 5.11. The van der Waals surface area contributed by atoms with Gasteiger partial charge in [-0.25, -0.2) is 4.98 Å². The van der Waals surface area contributed by atoms with E-state index in [2.05, 4.69) is 4.98 Å². The third-order valence-electron chi connectivity index (χ3n) is 0.637. The average Bonchev–Trinajstić information content (AvgIpc) is 2.51. The van der Waals surface area contributed by atoms with E-state index in [1.165, 1.54) is 0 Å². The summed E-state index contributed by atoms with van der Waals surface area (Å²) < 4.78 is 1.89. The summed E-state index contributed by atoms with van der Waals surface area (Å²) in [4.78, 5) is 21.8. The van der Waals surface area contributed by atoms with Crippen LogP contribution in [-0.2, 0) is 37.7 Å². The monoisotopic (exact) mass is 455 g/mol. The van der Waals surface area contributed by atoms with Gasteiger partial charge in [-0.15, -0.1) is 6.04 Å². The Labute approximate surface area is 128 Å². The molecule has 3 N–H and O–H groups in total. The van der Waals surface area contributed by atoms with Crippen molar-refractivity contribution in [3.63, 3.8) is 0 Å². The predicted molar refractivity (Wildman–Crippen MR) is 69.3 cm³/mol. The van der Waals surface area contributed by atoms with E-state index in [0.717, 1.165) is 13.8 Å². The molecule has 116 valence electrons. The predicted octanol–water partition coefficient (Wildman–Crippen LogP) is 2.05. The van der Waals surface area contributed by atoms with Crippen molar-refractivity contribution in [2.24, 2.45) is 7.05 Å². The number of hydrogen-bond acceptors (Lipinski definition) is 3. The number of hydrogen-bond donors (Lipinski definition) is 2. The Balaban J connectivity index is -0.0000000796. The van der Waals surface area contributed by atoms with E-state index in [1.807, 2.05) is 31.7 Å². The Bertz CT molecular complexity index is 280. The van der Waals surface area contributed by atoms with E-state index in [0.29, 0.717) is 0 Å². The van der Waals surface area contributed by atoms with Crippen molar-refractivity contribution in [1.82, 2.24) is 9.55 Å². The minimum absolute atomic E-state index is 0. The molecule has 0 bridgehead atoms. The first-order valence-corrected chi connectivity index (χ1v) is 5.11. The van der Waals surface area contributed by atoms with Crippen molar-refractivity contribution in [3.05, 3.63) is 24.5 Å². The van der Waals surface area contributed by atoms with Crippen LogP contribution in [0, 0.1) is 0 Å². The van der Waals surface area contributed by atoms with Crippen LogP contribution in [-0.4, -0.2) is 37.7 Å². The fraction of sp³-hybridized carbons (Fsp3) is 0.545. The van der Waals surface area contributed by atoms with Crippen molar-refractivity contribution < 1.29 is 40.9 Å². The van der Waals surface area contributed by atoms with Crippen LogP contribution in [0.15, 0.2) is 18.7 Å². The summed E-state index contributed by atoms with van der Waals surface area (Å²) in [6, 6.07) is 0.0833. The van der Waals surface area contributed by atoms with E-state index >= 15 is 0 Å². The molecular weight excluding hydrogens is 433 g/mol. The topological polar surface area (TPSA) is 116 Å². The van der Waals surface area contributed by atoms with Gasteiger partial charge in [-0.2, -0.15) is 0 Å². The Kier molecular flexibility index (Phi) is 26.6. The van der Waals surface area contributed by atoms with E-state index < -0.39 is 11.9 Å². The van der Waals surface area contributed by atoms with Gasteiger partial charge in [-0.3, -0.25) is 9.59 Å². The minimum Gasteiger partial charge on any atom is -0.675 e. The molecular formula is C11H22N3O4Pt-. The van der Waals surface area contributed by atoms with Crippen LogP contribution in [0.4, 0.5) is 0 Å². The molecule has 0 atom stereocenters. The number of rotatable bonds is 0. The van der Waals surface area contributed by atoms with Crippen LogP contribution >= 0.6 is 0 Å². The quantitative estimate of drug-likeness (QED) is 0.621. The molecule has 0 spiro atoms. The van der Waals surface area contributed by atoms with Crippen molar-refractivity contribution in [1.29, 1.82) is 0 Å². The van der Waals surface area contributed by atoms with Gasteiger partial charge in [-0.1, -0.05) is 13.8 Å². The maximum Gasteiger partial charge on any atom is 0.300 e. The number of carboxylic acids is 2. The van der Waals surface area contributed by atoms with Gasteiger partial charge in [0.15, 0.2) is 0 Å². The van der Waals surface area contributed by atoms with Crippen LogP contribution in [0.2, 0.25) is 0 Å². The van der Waals surface area contributed by atoms with Crippen molar-refractivity contribution in [2.75, 3.05) is 0 Å². The maximum absolute atomic E-state index is 9.00. The van der Waals surface area contributed by atoms with Gasteiger partial charge in [0, 0.05) is 54.4 Å². The summed E-state index contributed by atoms with van der Waals surface area (Å²) in [6.45, 7) is 5.83. The second kappa shape index (κ2) is 19.1. The van der Waals surface area contributed by atoms with Crippen molar-refractivity contribution >= 4 is 11.9 Å². The van der Waals surface area contributed by atoms with Crippen molar-refractivity contribution in [2.45, 2.75) is 33.7 Å². The molecule has 7 nitrogen and oxygen atoms in total. The normalized spacial score (nSPS) is 7.32. The molecule has 1 heterocycles. The van der Waals surface area contributed by atoms with Gasteiger partial charge < -0.3 is 20.5 Å². The molecule has 0 aliphatic carbocycles. The zero-order chi connectivity index (χ0) is 15.1. The number of carboxylic acid groups (broad SMARTS) is 2. The first kappa shape index (κ1) is 26.4. The molecule has 1 aromatic heterocycles. The third-order valence-corrected chi connectivity index (χ3v) is 0.637. The smallest absolute Gasteiger partial charge is 0.300 e. The SMILES string of the molecule is CC(=O)O.CC(=O)O.CC(C)[NH-].Cn1ccnc1.[Pt]. The number of aromatic nitrogens is 2. The first-order chi connectivity index (χ1) is 8.09. The van der Waals surface area contributed by atoms with Crippen LogP contribution in [0.25, 0.3) is 5.73 Å². The number of nitrogens with one attached hydrogen (secondary N) is 1. The number of imidazole rings is 1. The molecule has 0 aliphatic rings. The molecule has 8 heteroatoms. The molecule has 0 radical (unpaired) electrons. The second-order valence-corrected chi connectivity index (χ2v) is 3.42. The van der Waals surface area contributed by atoms with Crippen LogP contribution in [0.3, 0.4) is 0 Å². The summed E-state index contributed by atoms with van der Waals surface area (Å²) in [5.74, 6) is -1.67. The number of carbonyl (C=O) groups is 2. The molecule has 1 aromatic rings. The second-order valence-electron chi connectivity index (χ2n) is 3.42. The number of aryl methyl sites for hydroxylation is 1. The van der Waals surface area contributed by atoms with Gasteiger partial charge in [0.1, 0.15) is 0 Å². The average molecular weight is 455 g/mol. The molecule has 0 saturated carbocycles. The Hall–Kier alpha value is -1.20. The largest absolute Gasteiger partial charge is 0.675 e. The zero-order valence-corrected chi connectivity index (χ0v) is 14.0. The molecule has 0 saturated heterocycles. The maximum atomic E-state index is 9.00. The molecule has 0 amide bonds. The molecule has 0 aromatic carbocycles. The molecule has 1 rings (SSSR count). The van der Waals surface area contributed by atoms with Gasteiger partial charge in [0.25, 0.3) is 11.9 Å². The van der Waals surface area contributed by atoms with Gasteiger partial charge in [0.05, 0.1) is 6.33 Å². The summed E-state index contributed by atoms with van der Waals surface area (Å²) in [7, 11) is 1.94. The van der Waals surface area contributed by atoms with Crippen molar-refractivity contribution in [3.8, 4) is 0 Å².